The van der Waals surface area contributed by atoms with E-state index in [9.17, 15) is 14.4 Å². The van der Waals surface area contributed by atoms with Crippen LogP contribution in [0.5, 0.6) is 11.5 Å². The molecule has 1 aliphatic rings. The highest BCUT2D eigenvalue weighted by Crippen LogP contribution is 2.36. The number of hydrogen-bond donors (Lipinski definition) is 1. The van der Waals surface area contributed by atoms with E-state index in [0.717, 1.165) is 0 Å². The number of methoxy groups -OCH3 is 2. The molecule has 2 aromatic carbocycles. The monoisotopic (exact) mass is 480 g/mol. The number of anilines is 1. The molecule has 0 spiro atoms. The van der Waals surface area contributed by atoms with E-state index in [4.69, 9.17) is 21.1 Å². The molecule has 0 bridgehead atoms. The first-order valence-corrected chi connectivity index (χ1v) is 11.1. The second-order valence-electron chi connectivity index (χ2n) is 9.00. The largest absolute Gasteiger partial charge is 0.497 e. The van der Waals surface area contributed by atoms with E-state index < -0.39 is 11.5 Å². The number of halogens is 1. The van der Waals surface area contributed by atoms with Gasteiger partial charge in [0.2, 0.25) is 0 Å². The van der Waals surface area contributed by atoms with Crippen LogP contribution < -0.4 is 20.3 Å². The van der Waals surface area contributed by atoms with Crippen molar-refractivity contribution >= 4 is 29.0 Å². The van der Waals surface area contributed by atoms with Gasteiger partial charge in [0, 0.05) is 34.5 Å². The number of ether oxygens (including phenoxy) is 2. The lowest BCUT2D eigenvalue weighted by molar-refractivity contribution is 0.0909. The van der Waals surface area contributed by atoms with Gasteiger partial charge in [-0.15, -0.1) is 0 Å². The van der Waals surface area contributed by atoms with Gasteiger partial charge in [0.15, 0.2) is 5.78 Å². The van der Waals surface area contributed by atoms with Gasteiger partial charge in [-0.25, -0.2) is 0 Å². The van der Waals surface area contributed by atoms with Gasteiger partial charge in [-0.05, 0) is 54.3 Å². The molecule has 1 aromatic heterocycles. The van der Waals surface area contributed by atoms with Crippen molar-refractivity contribution in [1.29, 1.82) is 0 Å². The van der Waals surface area contributed by atoms with Crippen LogP contribution in [0.4, 0.5) is 5.69 Å². The van der Waals surface area contributed by atoms with Gasteiger partial charge in [-0.1, -0.05) is 25.4 Å². The standard InChI is InChI=1S/C26H25ClN2O5/c1-26(2)13-21-18(22(30)14-26)12-19(25(32)29(21)16-7-5-15(27)6-8-16)24(31)28-20-10-9-17(33-3)11-23(20)34-4/h5-12H,13-14H2,1-4H3,(H,28,31). The smallest absolute Gasteiger partial charge is 0.268 e. The van der Waals surface area contributed by atoms with Gasteiger partial charge in [-0.2, -0.15) is 0 Å². The molecule has 4 rings (SSSR count). The fraction of sp³-hybridized carbons (Fsp3) is 0.269. The van der Waals surface area contributed by atoms with Crippen molar-refractivity contribution in [3.05, 3.63) is 80.7 Å². The van der Waals surface area contributed by atoms with Crippen LogP contribution in [0.25, 0.3) is 5.69 Å². The molecule has 1 N–H and O–H groups in total. The number of ketones is 1. The Morgan fingerprint density at radius 1 is 1.00 bits per heavy atom. The molecule has 3 aromatic rings. The van der Waals surface area contributed by atoms with Crippen molar-refractivity contribution in [2.75, 3.05) is 19.5 Å². The van der Waals surface area contributed by atoms with Gasteiger partial charge in [0.1, 0.15) is 17.1 Å². The second-order valence-corrected chi connectivity index (χ2v) is 9.43. The molecular formula is C26H25ClN2O5. The maximum atomic E-state index is 13.6. The number of carbonyl (C=O) groups is 2. The van der Waals surface area contributed by atoms with E-state index in [1.54, 1.807) is 42.5 Å². The van der Waals surface area contributed by atoms with Crippen molar-refractivity contribution in [1.82, 2.24) is 4.57 Å². The number of amides is 1. The Morgan fingerprint density at radius 3 is 2.35 bits per heavy atom. The Bertz CT molecular complexity index is 1340. The predicted octanol–water partition coefficient (Wildman–Crippen LogP) is 4.92. The van der Waals surface area contributed by atoms with E-state index >= 15 is 0 Å². The molecule has 1 aliphatic carbocycles. The first-order valence-electron chi connectivity index (χ1n) is 10.7. The van der Waals surface area contributed by atoms with E-state index in [-0.39, 0.29) is 16.8 Å². The Hall–Kier alpha value is -3.58. The van der Waals surface area contributed by atoms with Crippen LogP contribution in [-0.4, -0.2) is 30.5 Å². The highest BCUT2D eigenvalue weighted by Gasteiger charge is 2.35. The van der Waals surface area contributed by atoms with Gasteiger partial charge >= 0.3 is 0 Å². The number of benzene rings is 2. The maximum absolute atomic E-state index is 13.6. The number of nitrogens with one attached hydrogen (secondary N) is 1. The molecule has 0 radical (unpaired) electrons. The normalized spacial score (nSPS) is 14.3. The SMILES string of the molecule is COc1ccc(NC(=O)c2cc3c(n(-c4ccc(Cl)cc4)c2=O)CC(C)(C)CC3=O)c(OC)c1. The fourth-order valence-electron chi connectivity index (χ4n) is 4.23. The van der Waals surface area contributed by atoms with Gasteiger partial charge in [0.05, 0.1) is 19.9 Å². The summed E-state index contributed by atoms with van der Waals surface area (Å²) in [6.45, 7) is 3.97. The van der Waals surface area contributed by atoms with Crippen LogP contribution in [0.15, 0.2) is 53.3 Å². The molecule has 1 heterocycles. The molecule has 0 fully saturated rings. The van der Waals surface area contributed by atoms with Crippen LogP contribution in [0.1, 0.15) is 46.7 Å². The maximum Gasteiger partial charge on any atom is 0.268 e. The Morgan fingerprint density at radius 2 is 1.71 bits per heavy atom. The predicted molar refractivity (Wildman–Crippen MR) is 131 cm³/mol. The quantitative estimate of drug-likeness (QED) is 0.560. The molecule has 34 heavy (non-hydrogen) atoms. The highest BCUT2D eigenvalue weighted by molar-refractivity contribution is 6.30. The van der Waals surface area contributed by atoms with Gasteiger partial charge in [0.25, 0.3) is 11.5 Å². The van der Waals surface area contributed by atoms with Crippen LogP contribution in [-0.2, 0) is 6.42 Å². The third-order valence-corrected chi connectivity index (χ3v) is 6.13. The molecule has 176 valence electrons. The molecule has 0 aliphatic heterocycles. The zero-order valence-electron chi connectivity index (χ0n) is 19.4. The fourth-order valence-corrected chi connectivity index (χ4v) is 4.36. The van der Waals surface area contributed by atoms with E-state index in [2.05, 4.69) is 5.32 Å². The molecule has 1 amide bonds. The summed E-state index contributed by atoms with van der Waals surface area (Å²) in [6, 6.07) is 13.1. The number of rotatable bonds is 5. The summed E-state index contributed by atoms with van der Waals surface area (Å²) in [4.78, 5) is 40.0. The topological polar surface area (TPSA) is 86.6 Å². The summed E-state index contributed by atoms with van der Waals surface area (Å²) in [5.74, 6) is 0.185. The lowest BCUT2D eigenvalue weighted by Crippen LogP contribution is -2.37. The zero-order chi connectivity index (χ0) is 24.6. The molecule has 0 saturated carbocycles. The molecule has 0 unspecified atom stereocenters. The van der Waals surface area contributed by atoms with E-state index in [0.29, 0.717) is 52.0 Å². The van der Waals surface area contributed by atoms with Crippen molar-refractivity contribution in [3.8, 4) is 17.2 Å². The number of Topliss-reactive ketones (excluding diaryl/α,β-unsaturated/α-hetero) is 1. The first-order chi connectivity index (χ1) is 16.1. The summed E-state index contributed by atoms with van der Waals surface area (Å²) in [7, 11) is 2.99. The van der Waals surface area contributed by atoms with Crippen molar-refractivity contribution in [3.63, 3.8) is 0 Å². The van der Waals surface area contributed by atoms with E-state index in [1.165, 1.54) is 24.9 Å². The van der Waals surface area contributed by atoms with Crippen molar-refractivity contribution < 1.29 is 19.1 Å². The minimum Gasteiger partial charge on any atom is -0.497 e. The third-order valence-electron chi connectivity index (χ3n) is 5.87. The Balaban J connectivity index is 1.86. The molecule has 0 atom stereocenters. The van der Waals surface area contributed by atoms with Crippen molar-refractivity contribution in [2.45, 2.75) is 26.7 Å². The highest BCUT2D eigenvalue weighted by atomic mass is 35.5. The lowest BCUT2D eigenvalue weighted by Gasteiger charge is -2.32. The second kappa shape index (κ2) is 8.99. The Labute approximate surface area is 202 Å². The zero-order valence-corrected chi connectivity index (χ0v) is 20.2. The summed E-state index contributed by atoms with van der Waals surface area (Å²) in [5.41, 5.74) is 0.901. The Kier molecular flexibility index (Phi) is 6.23. The third kappa shape index (κ3) is 4.43. The van der Waals surface area contributed by atoms with Crippen LogP contribution in [0, 0.1) is 5.41 Å². The van der Waals surface area contributed by atoms with Crippen LogP contribution in [0.2, 0.25) is 5.02 Å². The number of pyridine rings is 1. The number of nitrogens with zero attached hydrogens (tertiary/aromatic N) is 1. The molecule has 0 saturated heterocycles. The van der Waals surface area contributed by atoms with Gasteiger partial charge < -0.3 is 14.8 Å². The summed E-state index contributed by atoms with van der Waals surface area (Å²) >= 11 is 6.05. The average Bonchev–Trinajstić information content (AvgIpc) is 2.79. The van der Waals surface area contributed by atoms with E-state index in [1.807, 2.05) is 13.8 Å². The molecule has 8 heteroatoms. The summed E-state index contributed by atoms with van der Waals surface area (Å²) in [5, 5.41) is 3.25. The number of aromatic nitrogens is 1. The molecule has 7 nitrogen and oxygen atoms in total. The van der Waals surface area contributed by atoms with Crippen molar-refractivity contribution in [2.24, 2.45) is 5.41 Å². The summed E-state index contributed by atoms with van der Waals surface area (Å²) in [6.07, 6.45) is 0.840. The summed E-state index contributed by atoms with van der Waals surface area (Å²) < 4.78 is 12.0. The number of fused-ring (bicyclic) bond motifs is 1. The number of carbonyl (C=O) groups excluding carboxylic acids is 2. The van der Waals surface area contributed by atoms with Crippen LogP contribution in [0.3, 0.4) is 0 Å². The minimum absolute atomic E-state index is 0.106. The molecular weight excluding hydrogens is 456 g/mol. The van der Waals surface area contributed by atoms with Gasteiger partial charge in [-0.3, -0.25) is 19.0 Å². The lowest BCUT2D eigenvalue weighted by atomic mass is 9.75. The first kappa shape index (κ1) is 23.6. The minimum atomic E-state index is -0.642. The average molecular weight is 481 g/mol. The van der Waals surface area contributed by atoms with Crippen LogP contribution >= 0.6 is 11.6 Å². The number of hydrogen-bond acceptors (Lipinski definition) is 5.